The fourth-order valence-electron chi connectivity index (χ4n) is 1.86. The molecule has 1 aliphatic heterocycles. The Hall–Kier alpha value is -0.0900. The molecule has 4 heteroatoms. The lowest BCUT2D eigenvalue weighted by molar-refractivity contribution is 0.0755. The van der Waals surface area contributed by atoms with Gasteiger partial charge in [-0.2, -0.15) is 0 Å². The van der Waals surface area contributed by atoms with Crippen molar-refractivity contribution in [1.29, 1.82) is 0 Å². The Kier molecular flexibility index (Phi) is 4.03. The molecule has 1 saturated heterocycles. The SMILES string of the molecule is CC(NC1CCOCC1)c1ccc(Cl)s1. The molecule has 0 aliphatic carbocycles. The molecule has 1 aromatic heterocycles. The first kappa shape index (κ1) is 11.4. The number of thiophene rings is 1. The molecule has 0 bridgehead atoms. The topological polar surface area (TPSA) is 21.3 Å². The molecule has 0 radical (unpaired) electrons. The minimum absolute atomic E-state index is 0.394. The van der Waals surface area contributed by atoms with Gasteiger partial charge in [-0.05, 0) is 31.9 Å². The van der Waals surface area contributed by atoms with E-state index in [0.29, 0.717) is 12.1 Å². The van der Waals surface area contributed by atoms with Gasteiger partial charge >= 0.3 is 0 Å². The monoisotopic (exact) mass is 245 g/mol. The van der Waals surface area contributed by atoms with Crippen molar-refractivity contribution in [2.24, 2.45) is 0 Å². The van der Waals surface area contributed by atoms with E-state index in [-0.39, 0.29) is 0 Å². The van der Waals surface area contributed by atoms with Crippen molar-refractivity contribution in [3.63, 3.8) is 0 Å². The summed E-state index contributed by atoms with van der Waals surface area (Å²) in [4.78, 5) is 1.31. The molecule has 0 amide bonds. The van der Waals surface area contributed by atoms with Gasteiger partial charge in [0.05, 0.1) is 4.34 Å². The van der Waals surface area contributed by atoms with Crippen LogP contribution in [0, 0.1) is 0 Å². The maximum absolute atomic E-state index is 5.92. The highest BCUT2D eigenvalue weighted by Gasteiger charge is 2.17. The second-order valence-electron chi connectivity index (χ2n) is 3.92. The summed E-state index contributed by atoms with van der Waals surface area (Å²) in [5.41, 5.74) is 0. The van der Waals surface area contributed by atoms with Crippen molar-refractivity contribution in [2.45, 2.75) is 31.8 Å². The van der Waals surface area contributed by atoms with E-state index in [1.165, 1.54) is 4.88 Å². The Bertz CT molecular complexity index is 309. The van der Waals surface area contributed by atoms with Crippen LogP contribution in [0.2, 0.25) is 4.34 Å². The van der Waals surface area contributed by atoms with E-state index < -0.39 is 0 Å². The van der Waals surface area contributed by atoms with E-state index in [2.05, 4.69) is 18.3 Å². The Morgan fingerprint density at radius 1 is 1.47 bits per heavy atom. The highest BCUT2D eigenvalue weighted by atomic mass is 35.5. The average molecular weight is 246 g/mol. The van der Waals surface area contributed by atoms with Crippen LogP contribution in [0.15, 0.2) is 12.1 Å². The highest BCUT2D eigenvalue weighted by molar-refractivity contribution is 7.16. The Balaban J connectivity index is 1.88. The minimum Gasteiger partial charge on any atom is -0.381 e. The number of rotatable bonds is 3. The number of hydrogen-bond acceptors (Lipinski definition) is 3. The van der Waals surface area contributed by atoms with Gasteiger partial charge in [0.15, 0.2) is 0 Å². The van der Waals surface area contributed by atoms with Crippen molar-refractivity contribution in [3.8, 4) is 0 Å². The summed E-state index contributed by atoms with van der Waals surface area (Å²) in [5, 5.41) is 3.62. The molecule has 1 fully saturated rings. The molecule has 84 valence electrons. The second kappa shape index (κ2) is 5.30. The highest BCUT2D eigenvalue weighted by Crippen LogP contribution is 2.27. The van der Waals surface area contributed by atoms with Crippen LogP contribution in [-0.4, -0.2) is 19.3 Å². The normalized spacial score (nSPS) is 20.4. The first-order chi connectivity index (χ1) is 7.25. The maximum atomic E-state index is 5.92. The number of halogens is 1. The fourth-order valence-corrected chi connectivity index (χ4v) is 2.93. The first-order valence-corrected chi connectivity index (χ1v) is 6.54. The van der Waals surface area contributed by atoms with E-state index >= 15 is 0 Å². The summed E-state index contributed by atoms with van der Waals surface area (Å²) >= 11 is 7.57. The molecule has 1 aliphatic rings. The predicted molar refractivity (Wildman–Crippen MR) is 64.7 cm³/mol. The predicted octanol–water partition coefficient (Wildman–Crippen LogP) is 3.23. The van der Waals surface area contributed by atoms with Crippen LogP contribution in [0.25, 0.3) is 0 Å². The van der Waals surface area contributed by atoms with Gasteiger partial charge in [0.25, 0.3) is 0 Å². The third kappa shape index (κ3) is 3.18. The molecule has 0 spiro atoms. The lowest BCUT2D eigenvalue weighted by atomic mass is 10.1. The quantitative estimate of drug-likeness (QED) is 0.883. The maximum Gasteiger partial charge on any atom is 0.0931 e. The summed E-state index contributed by atoms with van der Waals surface area (Å²) in [6.07, 6.45) is 2.23. The molecule has 1 aromatic rings. The molecule has 1 atom stereocenters. The van der Waals surface area contributed by atoms with Crippen LogP contribution in [0.4, 0.5) is 0 Å². The van der Waals surface area contributed by atoms with Crippen molar-refractivity contribution in [1.82, 2.24) is 5.32 Å². The Morgan fingerprint density at radius 3 is 2.80 bits per heavy atom. The molecular weight excluding hydrogens is 230 g/mol. The van der Waals surface area contributed by atoms with Crippen LogP contribution in [0.3, 0.4) is 0 Å². The molecule has 2 rings (SSSR count). The minimum atomic E-state index is 0.394. The van der Waals surface area contributed by atoms with Crippen molar-refractivity contribution in [2.75, 3.05) is 13.2 Å². The Labute approximate surface area is 99.6 Å². The zero-order chi connectivity index (χ0) is 10.7. The third-order valence-electron chi connectivity index (χ3n) is 2.73. The standard InChI is InChI=1S/C11H16ClNOS/c1-8(10-2-3-11(12)15-10)13-9-4-6-14-7-5-9/h2-3,8-9,13H,4-7H2,1H3. The average Bonchev–Trinajstić information content (AvgIpc) is 2.66. The van der Waals surface area contributed by atoms with Crippen LogP contribution in [-0.2, 0) is 4.74 Å². The number of nitrogens with one attached hydrogen (secondary N) is 1. The molecule has 1 N–H and O–H groups in total. The lowest BCUT2D eigenvalue weighted by Gasteiger charge is -2.26. The third-order valence-corrected chi connectivity index (χ3v) is 4.14. The van der Waals surface area contributed by atoms with Crippen LogP contribution in [0.1, 0.15) is 30.7 Å². The van der Waals surface area contributed by atoms with E-state index in [9.17, 15) is 0 Å². The molecule has 0 saturated carbocycles. The van der Waals surface area contributed by atoms with Gasteiger partial charge in [-0.25, -0.2) is 0 Å². The Morgan fingerprint density at radius 2 is 2.20 bits per heavy atom. The smallest absolute Gasteiger partial charge is 0.0931 e. The van der Waals surface area contributed by atoms with Gasteiger partial charge in [0, 0.05) is 30.2 Å². The van der Waals surface area contributed by atoms with E-state index in [0.717, 1.165) is 30.4 Å². The van der Waals surface area contributed by atoms with Crippen molar-refractivity contribution < 1.29 is 4.74 Å². The molecule has 15 heavy (non-hydrogen) atoms. The second-order valence-corrected chi connectivity index (χ2v) is 5.66. The first-order valence-electron chi connectivity index (χ1n) is 5.35. The zero-order valence-electron chi connectivity index (χ0n) is 8.83. The van der Waals surface area contributed by atoms with Crippen molar-refractivity contribution >= 4 is 22.9 Å². The summed E-state index contributed by atoms with van der Waals surface area (Å²) in [6, 6.07) is 5.05. The molecular formula is C11H16ClNOS. The van der Waals surface area contributed by atoms with Gasteiger partial charge in [-0.3, -0.25) is 0 Å². The molecule has 2 nitrogen and oxygen atoms in total. The van der Waals surface area contributed by atoms with Crippen LogP contribution < -0.4 is 5.32 Å². The van der Waals surface area contributed by atoms with Gasteiger partial charge in [0.1, 0.15) is 0 Å². The van der Waals surface area contributed by atoms with Gasteiger partial charge in [-0.1, -0.05) is 11.6 Å². The zero-order valence-corrected chi connectivity index (χ0v) is 10.4. The largest absolute Gasteiger partial charge is 0.381 e. The number of ether oxygens (including phenoxy) is 1. The van der Waals surface area contributed by atoms with Gasteiger partial charge < -0.3 is 10.1 Å². The van der Waals surface area contributed by atoms with Crippen LogP contribution in [0.5, 0.6) is 0 Å². The van der Waals surface area contributed by atoms with Gasteiger partial charge in [-0.15, -0.1) is 11.3 Å². The fraction of sp³-hybridized carbons (Fsp3) is 0.636. The molecule has 0 aromatic carbocycles. The summed E-state index contributed by atoms with van der Waals surface area (Å²) in [6.45, 7) is 3.96. The van der Waals surface area contributed by atoms with Crippen LogP contribution >= 0.6 is 22.9 Å². The lowest BCUT2D eigenvalue weighted by Crippen LogP contribution is -2.36. The van der Waals surface area contributed by atoms with E-state index in [4.69, 9.17) is 16.3 Å². The van der Waals surface area contributed by atoms with E-state index in [1.54, 1.807) is 11.3 Å². The molecule has 1 unspecified atom stereocenters. The summed E-state index contributed by atoms with van der Waals surface area (Å²) in [5.74, 6) is 0. The van der Waals surface area contributed by atoms with E-state index in [1.807, 2.05) is 6.07 Å². The number of hydrogen-bond donors (Lipinski definition) is 1. The molecule has 2 heterocycles. The van der Waals surface area contributed by atoms with Crippen molar-refractivity contribution in [3.05, 3.63) is 21.3 Å². The summed E-state index contributed by atoms with van der Waals surface area (Å²) < 4.78 is 6.20. The van der Waals surface area contributed by atoms with Gasteiger partial charge in [0.2, 0.25) is 0 Å². The summed E-state index contributed by atoms with van der Waals surface area (Å²) in [7, 11) is 0.